The summed E-state index contributed by atoms with van der Waals surface area (Å²) in [7, 11) is 4.36. The average molecular weight is 524 g/mol. The van der Waals surface area contributed by atoms with Gasteiger partial charge in [0, 0.05) is 23.6 Å². The van der Waals surface area contributed by atoms with Gasteiger partial charge in [-0.25, -0.2) is 19.3 Å². The van der Waals surface area contributed by atoms with Crippen molar-refractivity contribution in [3.63, 3.8) is 0 Å². The first-order chi connectivity index (χ1) is 18.9. The third-order valence-electron chi connectivity index (χ3n) is 8.57. The summed E-state index contributed by atoms with van der Waals surface area (Å²) in [6.07, 6.45) is 10.4. The lowest BCUT2D eigenvalue weighted by Gasteiger charge is -2.32. The highest BCUT2D eigenvalue weighted by atomic mass is 16.1. The molecule has 0 spiro atoms. The Bertz CT molecular complexity index is 1560. The normalized spacial score (nSPS) is 20.9. The fourth-order valence-corrected chi connectivity index (χ4v) is 6.26. The first-order valence-corrected chi connectivity index (χ1v) is 14.1. The van der Waals surface area contributed by atoms with E-state index in [4.69, 9.17) is 9.97 Å². The molecule has 6 rings (SSSR count). The summed E-state index contributed by atoms with van der Waals surface area (Å²) in [5.74, 6) is 2.15. The predicted octanol–water partition coefficient (Wildman–Crippen LogP) is 5.54. The second kappa shape index (κ2) is 10.4. The first kappa shape index (κ1) is 25.5. The van der Waals surface area contributed by atoms with Gasteiger partial charge in [-0.3, -0.25) is 4.79 Å². The van der Waals surface area contributed by atoms with E-state index >= 15 is 0 Å². The molecule has 2 aliphatic rings. The molecule has 8 heteroatoms. The maximum Gasteiger partial charge on any atom is 0.278 e. The third kappa shape index (κ3) is 4.78. The molecule has 1 unspecified atom stereocenters. The van der Waals surface area contributed by atoms with E-state index in [-0.39, 0.29) is 5.56 Å². The van der Waals surface area contributed by atoms with Crippen molar-refractivity contribution in [2.24, 2.45) is 0 Å². The van der Waals surface area contributed by atoms with Crippen molar-refractivity contribution >= 4 is 22.7 Å². The minimum absolute atomic E-state index is 0.153. The van der Waals surface area contributed by atoms with Gasteiger partial charge in [-0.1, -0.05) is 31.2 Å². The van der Waals surface area contributed by atoms with Crippen LogP contribution >= 0.6 is 0 Å². The summed E-state index contributed by atoms with van der Waals surface area (Å²) < 4.78 is 3.44. The van der Waals surface area contributed by atoms with Crippen LogP contribution in [0.3, 0.4) is 0 Å². The van der Waals surface area contributed by atoms with Crippen LogP contribution in [-0.2, 0) is 13.0 Å². The van der Waals surface area contributed by atoms with Gasteiger partial charge in [-0.2, -0.15) is 4.98 Å². The van der Waals surface area contributed by atoms with Gasteiger partial charge in [-0.05, 0) is 93.8 Å². The van der Waals surface area contributed by atoms with Gasteiger partial charge in [-0.15, -0.1) is 6.58 Å². The van der Waals surface area contributed by atoms with Gasteiger partial charge < -0.3 is 10.2 Å². The molecule has 1 atom stereocenters. The van der Waals surface area contributed by atoms with Crippen molar-refractivity contribution in [2.45, 2.75) is 69.9 Å². The zero-order valence-corrected chi connectivity index (χ0v) is 23.1. The molecule has 0 radical (unpaired) electrons. The largest absolute Gasteiger partial charge is 0.324 e. The molecule has 0 saturated heterocycles. The van der Waals surface area contributed by atoms with E-state index in [1.807, 2.05) is 10.7 Å². The van der Waals surface area contributed by atoms with E-state index in [1.54, 1.807) is 17.0 Å². The smallest absolute Gasteiger partial charge is 0.278 e. The predicted molar refractivity (Wildman–Crippen MR) is 156 cm³/mol. The second-order valence-electron chi connectivity index (χ2n) is 11.3. The monoisotopic (exact) mass is 523 g/mol. The number of benzene rings is 1. The molecule has 3 heterocycles. The SMILES string of the molecule is C=CCn1c(=O)c2cnc(Nc3ccc(C4CCC(N(C)C)CC4)cc3)nc2n1-c1ccc2c(n1)C(C)CC2. The minimum atomic E-state index is -0.153. The number of anilines is 2. The summed E-state index contributed by atoms with van der Waals surface area (Å²) in [5, 5.41) is 3.80. The van der Waals surface area contributed by atoms with E-state index in [9.17, 15) is 4.79 Å². The summed E-state index contributed by atoms with van der Waals surface area (Å²) >= 11 is 0. The van der Waals surface area contributed by atoms with Crippen molar-refractivity contribution in [3.05, 3.63) is 82.4 Å². The second-order valence-corrected chi connectivity index (χ2v) is 11.3. The lowest BCUT2D eigenvalue weighted by Crippen LogP contribution is -2.31. The highest BCUT2D eigenvalue weighted by Crippen LogP contribution is 2.35. The lowest BCUT2D eigenvalue weighted by atomic mass is 9.81. The van der Waals surface area contributed by atoms with Crippen LogP contribution in [0.5, 0.6) is 0 Å². The van der Waals surface area contributed by atoms with E-state index in [0.717, 1.165) is 24.2 Å². The average Bonchev–Trinajstić information content (AvgIpc) is 3.45. The Morgan fingerprint density at radius 1 is 1.05 bits per heavy atom. The number of aryl methyl sites for hydroxylation is 1. The Morgan fingerprint density at radius 2 is 1.82 bits per heavy atom. The van der Waals surface area contributed by atoms with Crippen LogP contribution in [0.4, 0.5) is 11.6 Å². The molecule has 1 saturated carbocycles. The number of pyridine rings is 1. The number of nitrogens with one attached hydrogen (secondary N) is 1. The Hall–Kier alpha value is -3.78. The van der Waals surface area contributed by atoms with Crippen molar-refractivity contribution in [1.29, 1.82) is 0 Å². The molecular formula is C31H37N7O. The molecule has 1 N–H and O–H groups in total. The number of nitrogens with zero attached hydrogens (tertiary/aromatic N) is 6. The number of aromatic nitrogens is 5. The summed E-state index contributed by atoms with van der Waals surface area (Å²) in [6, 6.07) is 13.4. The highest BCUT2D eigenvalue weighted by molar-refractivity contribution is 5.77. The maximum absolute atomic E-state index is 13.3. The maximum atomic E-state index is 13.3. The third-order valence-corrected chi connectivity index (χ3v) is 8.57. The Labute approximate surface area is 229 Å². The summed E-state index contributed by atoms with van der Waals surface area (Å²) in [5.41, 5.74) is 5.08. The molecule has 8 nitrogen and oxygen atoms in total. The molecule has 39 heavy (non-hydrogen) atoms. The van der Waals surface area contributed by atoms with Gasteiger partial charge in [0.15, 0.2) is 11.5 Å². The van der Waals surface area contributed by atoms with Crippen LogP contribution in [0.2, 0.25) is 0 Å². The molecule has 1 fully saturated rings. The van der Waals surface area contributed by atoms with E-state index in [2.05, 4.69) is 73.1 Å². The van der Waals surface area contributed by atoms with Crippen LogP contribution in [0.25, 0.3) is 16.9 Å². The molecule has 202 valence electrons. The van der Waals surface area contributed by atoms with E-state index < -0.39 is 0 Å². The Balaban J connectivity index is 1.29. The van der Waals surface area contributed by atoms with Crippen LogP contribution in [-0.4, -0.2) is 49.4 Å². The molecule has 0 bridgehead atoms. The standard InChI is InChI=1S/C31H37N7O/c1-5-18-37-30(39)26-19-32-31(35-29(26)38(37)27-17-12-23-7-6-20(2)28(23)34-27)33-24-13-8-21(9-14-24)22-10-15-25(16-11-22)36(3)4/h5,8-9,12-14,17,19-20,22,25H,1,6-7,10-11,15-16,18H2,2-4H3,(H,32,33,35). The topological polar surface area (TPSA) is 80.9 Å². The van der Waals surface area contributed by atoms with E-state index in [0.29, 0.717) is 47.2 Å². The number of hydrogen-bond donors (Lipinski definition) is 1. The number of fused-ring (bicyclic) bond motifs is 2. The van der Waals surface area contributed by atoms with E-state index in [1.165, 1.54) is 36.8 Å². The lowest BCUT2D eigenvalue weighted by molar-refractivity contribution is 0.216. The number of rotatable bonds is 7. The van der Waals surface area contributed by atoms with Crippen molar-refractivity contribution < 1.29 is 0 Å². The Kier molecular flexibility index (Phi) is 6.81. The van der Waals surface area contributed by atoms with Crippen molar-refractivity contribution in [1.82, 2.24) is 29.2 Å². The Morgan fingerprint density at radius 3 is 2.54 bits per heavy atom. The van der Waals surface area contributed by atoms with Crippen LogP contribution in [0, 0.1) is 0 Å². The molecule has 0 amide bonds. The number of hydrogen-bond acceptors (Lipinski definition) is 6. The highest BCUT2D eigenvalue weighted by Gasteiger charge is 2.25. The summed E-state index contributed by atoms with van der Waals surface area (Å²) in [4.78, 5) is 29.9. The fourth-order valence-electron chi connectivity index (χ4n) is 6.26. The van der Waals surface area contributed by atoms with Crippen molar-refractivity contribution in [2.75, 3.05) is 19.4 Å². The minimum Gasteiger partial charge on any atom is -0.324 e. The van der Waals surface area contributed by atoms with Crippen LogP contribution < -0.4 is 10.9 Å². The van der Waals surface area contributed by atoms with Gasteiger partial charge in [0.25, 0.3) is 5.56 Å². The van der Waals surface area contributed by atoms with Crippen molar-refractivity contribution in [3.8, 4) is 5.82 Å². The fraction of sp³-hybridized carbons (Fsp3) is 0.419. The molecule has 1 aromatic carbocycles. The van der Waals surface area contributed by atoms with Gasteiger partial charge in [0.1, 0.15) is 5.39 Å². The molecule has 3 aromatic heterocycles. The molecule has 4 aromatic rings. The van der Waals surface area contributed by atoms with Gasteiger partial charge >= 0.3 is 0 Å². The van der Waals surface area contributed by atoms with Gasteiger partial charge in [0.05, 0.1) is 6.54 Å². The van der Waals surface area contributed by atoms with Crippen LogP contribution in [0.15, 0.2) is 60.0 Å². The molecule has 2 aliphatic carbocycles. The van der Waals surface area contributed by atoms with Crippen LogP contribution in [0.1, 0.15) is 67.7 Å². The zero-order chi connectivity index (χ0) is 27.1. The number of allylic oxidation sites excluding steroid dienone is 1. The van der Waals surface area contributed by atoms with Gasteiger partial charge in [0.2, 0.25) is 5.95 Å². The molecular weight excluding hydrogens is 486 g/mol. The quantitative estimate of drug-likeness (QED) is 0.320. The summed E-state index contributed by atoms with van der Waals surface area (Å²) in [6.45, 7) is 6.41. The molecule has 0 aliphatic heterocycles. The first-order valence-electron chi connectivity index (χ1n) is 14.1. The zero-order valence-electron chi connectivity index (χ0n) is 23.1.